The summed E-state index contributed by atoms with van der Waals surface area (Å²) in [5.41, 5.74) is 0. The quantitative estimate of drug-likeness (QED) is 0.744. The SMILES string of the molecule is CCC/C=C(/F)Cn1c(C)noc1=O. The summed E-state index contributed by atoms with van der Waals surface area (Å²) < 4.78 is 18.7. The molecule has 0 saturated heterocycles. The van der Waals surface area contributed by atoms with Crippen LogP contribution in [-0.4, -0.2) is 9.72 Å². The summed E-state index contributed by atoms with van der Waals surface area (Å²) in [5.74, 6) is -0.571. The van der Waals surface area contributed by atoms with E-state index in [1.807, 2.05) is 6.92 Å². The highest BCUT2D eigenvalue weighted by Crippen LogP contribution is 2.04. The predicted octanol–water partition coefficient (Wildman–Crippen LogP) is 1.80. The van der Waals surface area contributed by atoms with Crippen molar-refractivity contribution < 1.29 is 8.91 Å². The zero-order valence-electron chi connectivity index (χ0n) is 8.29. The third kappa shape index (κ3) is 2.55. The molecule has 78 valence electrons. The second-order valence-electron chi connectivity index (χ2n) is 3.02. The van der Waals surface area contributed by atoms with Crippen LogP contribution in [0.1, 0.15) is 25.6 Å². The van der Waals surface area contributed by atoms with Gasteiger partial charge in [0.1, 0.15) is 5.83 Å². The standard InChI is InChI=1S/C9H13FN2O2/c1-3-4-5-8(10)6-12-7(2)11-14-9(12)13/h5H,3-4,6H2,1-2H3/b8-5+. The van der Waals surface area contributed by atoms with Crippen molar-refractivity contribution in [1.82, 2.24) is 9.72 Å². The highest BCUT2D eigenvalue weighted by atomic mass is 19.1. The van der Waals surface area contributed by atoms with Gasteiger partial charge in [-0.25, -0.2) is 9.18 Å². The molecule has 1 heterocycles. The summed E-state index contributed by atoms with van der Waals surface area (Å²) in [6.07, 6.45) is 3.02. The fourth-order valence-corrected chi connectivity index (χ4v) is 1.03. The smallest absolute Gasteiger partial charge is 0.296 e. The van der Waals surface area contributed by atoms with Gasteiger partial charge >= 0.3 is 5.76 Å². The summed E-state index contributed by atoms with van der Waals surface area (Å²) >= 11 is 0. The predicted molar refractivity (Wildman–Crippen MR) is 49.6 cm³/mol. The van der Waals surface area contributed by atoms with Crippen LogP contribution in [0.5, 0.6) is 0 Å². The van der Waals surface area contributed by atoms with E-state index in [1.54, 1.807) is 6.92 Å². The number of unbranched alkanes of at least 4 members (excludes halogenated alkanes) is 1. The molecule has 1 aromatic heterocycles. The van der Waals surface area contributed by atoms with Crippen molar-refractivity contribution in [3.05, 3.63) is 28.3 Å². The number of hydrogen-bond acceptors (Lipinski definition) is 3. The number of halogens is 1. The van der Waals surface area contributed by atoms with Crippen LogP contribution >= 0.6 is 0 Å². The molecule has 5 heteroatoms. The lowest BCUT2D eigenvalue weighted by atomic mass is 10.3. The van der Waals surface area contributed by atoms with Crippen LogP contribution in [0.4, 0.5) is 4.39 Å². The van der Waals surface area contributed by atoms with E-state index in [0.717, 1.165) is 11.0 Å². The molecular formula is C9H13FN2O2. The summed E-state index contributed by atoms with van der Waals surface area (Å²) in [6.45, 7) is 3.47. The fourth-order valence-electron chi connectivity index (χ4n) is 1.03. The lowest BCUT2D eigenvalue weighted by Gasteiger charge is -1.98. The first-order chi connectivity index (χ1) is 6.65. The van der Waals surface area contributed by atoms with E-state index >= 15 is 0 Å². The minimum absolute atomic E-state index is 0.0891. The van der Waals surface area contributed by atoms with Gasteiger partial charge in [0, 0.05) is 0 Å². The van der Waals surface area contributed by atoms with Gasteiger partial charge in [-0.3, -0.25) is 9.09 Å². The molecule has 0 bridgehead atoms. The van der Waals surface area contributed by atoms with E-state index in [4.69, 9.17) is 0 Å². The lowest BCUT2D eigenvalue weighted by Crippen LogP contribution is -2.16. The Kier molecular flexibility index (Phi) is 3.62. The third-order valence-corrected chi connectivity index (χ3v) is 1.83. The van der Waals surface area contributed by atoms with Crippen molar-refractivity contribution in [1.29, 1.82) is 0 Å². The summed E-state index contributed by atoms with van der Waals surface area (Å²) in [6, 6.07) is 0. The lowest BCUT2D eigenvalue weighted by molar-refractivity contribution is 0.373. The Balaban J connectivity index is 2.74. The van der Waals surface area contributed by atoms with Crippen molar-refractivity contribution >= 4 is 0 Å². The number of hydrogen-bond donors (Lipinski definition) is 0. The number of allylic oxidation sites excluding steroid dienone is 2. The molecule has 0 unspecified atom stereocenters. The summed E-state index contributed by atoms with van der Waals surface area (Å²) in [4.78, 5) is 11.0. The maximum Gasteiger partial charge on any atom is 0.441 e. The molecule has 0 aromatic carbocycles. The van der Waals surface area contributed by atoms with E-state index < -0.39 is 5.76 Å². The molecule has 14 heavy (non-hydrogen) atoms. The molecule has 0 spiro atoms. The number of aryl methyl sites for hydroxylation is 1. The van der Waals surface area contributed by atoms with Crippen molar-refractivity contribution in [2.24, 2.45) is 0 Å². The average Bonchev–Trinajstić information content (AvgIpc) is 2.46. The van der Waals surface area contributed by atoms with Crippen molar-refractivity contribution in [2.75, 3.05) is 0 Å². The van der Waals surface area contributed by atoms with Gasteiger partial charge in [-0.1, -0.05) is 24.6 Å². The van der Waals surface area contributed by atoms with Gasteiger partial charge in [-0.2, -0.15) is 0 Å². The highest BCUT2D eigenvalue weighted by Gasteiger charge is 2.07. The van der Waals surface area contributed by atoms with E-state index in [0.29, 0.717) is 12.2 Å². The van der Waals surface area contributed by atoms with Gasteiger partial charge in [0.05, 0.1) is 6.54 Å². The van der Waals surface area contributed by atoms with Gasteiger partial charge in [-0.05, 0) is 13.3 Å². The van der Waals surface area contributed by atoms with E-state index in [1.165, 1.54) is 6.08 Å². The molecule has 0 radical (unpaired) electrons. The summed E-state index contributed by atoms with van der Waals surface area (Å²) in [5, 5.41) is 3.43. The first kappa shape index (κ1) is 10.7. The molecule has 0 aliphatic carbocycles. The molecule has 0 atom stereocenters. The fraction of sp³-hybridized carbons (Fsp3) is 0.556. The van der Waals surface area contributed by atoms with Crippen LogP contribution < -0.4 is 5.76 Å². The molecule has 0 aliphatic rings. The zero-order valence-corrected chi connectivity index (χ0v) is 8.29. The van der Waals surface area contributed by atoms with Crippen LogP contribution in [0.2, 0.25) is 0 Å². The third-order valence-electron chi connectivity index (χ3n) is 1.83. The van der Waals surface area contributed by atoms with Gasteiger partial charge in [0.25, 0.3) is 0 Å². The van der Waals surface area contributed by atoms with Crippen molar-refractivity contribution in [3.63, 3.8) is 0 Å². The molecule has 1 aromatic rings. The monoisotopic (exact) mass is 200 g/mol. The molecule has 0 aliphatic heterocycles. The maximum atomic E-state index is 13.1. The first-order valence-electron chi connectivity index (χ1n) is 4.52. The van der Waals surface area contributed by atoms with E-state index in [2.05, 4.69) is 9.68 Å². The van der Waals surface area contributed by atoms with Crippen LogP contribution in [0.3, 0.4) is 0 Å². The number of rotatable bonds is 4. The minimum atomic E-state index is -0.623. The Labute approximate surface area is 81.0 Å². The molecule has 0 fully saturated rings. The Hall–Kier alpha value is -1.39. The van der Waals surface area contributed by atoms with Crippen LogP contribution in [0.25, 0.3) is 0 Å². The Morgan fingerprint density at radius 2 is 2.43 bits per heavy atom. The Morgan fingerprint density at radius 1 is 1.71 bits per heavy atom. The molecule has 4 nitrogen and oxygen atoms in total. The number of nitrogens with zero attached hydrogens (tertiary/aromatic N) is 2. The van der Waals surface area contributed by atoms with Gasteiger partial charge in [0.2, 0.25) is 0 Å². The molecular weight excluding hydrogens is 187 g/mol. The topological polar surface area (TPSA) is 48.0 Å². The highest BCUT2D eigenvalue weighted by molar-refractivity contribution is 4.94. The van der Waals surface area contributed by atoms with Gasteiger partial charge in [-0.15, -0.1) is 0 Å². The van der Waals surface area contributed by atoms with Crippen LogP contribution in [0, 0.1) is 6.92 Å². The molecule has 0 saturated carbocycles. The van der Waals surface area contributed by atoms with E-state index in [9.17, 15) is 9.18 Å². The van der Waals surface area contributed by atoms with E-state index in [-0.39, 0.29) is 12.4 Å². The van der Waals surface area contributed by atoms with Crippen molar-refractivity contribution in [3.8, 4) is 0 Å². The molecule has 0 N–H and O–H groups in total. The Morgan fingerprint density at radius 3 is 2.93 bits per heavy atom. The Bertz CT molecular complexity index is 378. The number of aromatic nitrogens is 2. The summed E-state index contributed by atoms with van der Waals surface area (Å²) in [7, 11) is 0. The minimum Gasteiger partial charge on any atom is -0.296 e. The molecule has 0 amide bonds. The largest absolute Gasteiger partial charge is 0.441 e. The van der Waals surface area contributed by atoms with Crippen LogP contribution in [0.15, 0.2) is 21.2 Å². The van der Waals surface area contributed by atoms with Gasteiger partial charge in [0.15, 0.2) is 5.82 Å². The maximum absolute atomic E-state index is 13.1. The molecule has 1 rings (SSSR count). The van der Waals surface area contributed by atoms with Crippen molar-refractivity contribution in [2.45, 2.75) is 33.2 Å². The first-order valence-corrected chi connectivity index (χ1v) is 4.52. The zero-order chi connectivity index (χ0) is 10.6. The average molecular weight is 200 g/mol. The van der Waals surface area contributed by atoms with Crippen LogP contribution in [-0.2, 0) is 6.54 Å². The second-order valence-corrected chi connectivity index (χ2v) is 3.02. The van der Waals surface area contributed by atoms with Gasteiger partial charge < -0.3 is 0 Å². The normalized spacial score (nSPS) is 12.1. The second kappa shape index (κ2) is 4.74.